The van der Waals surface area contributed by atoms with Crippen molar-refractivity contribution in [2.75, 3.05) is 11.5 Å². The number of halogens is 1. The van der Waals surface area contributed by atoms with E-state index in [2.05, 4.69) is 0 Å². The van der Waals surface area contributed by atoms with Crippen LogP contribution in [0, 0.1) is 0 Å². The van der Waals surface area contributed by atoms with Crippen molar-refractivity contribution in [3.8, 4) is 0 Å². The second-order valence-corrected chi connectivity index (χ2v) is 7.90. The first-order valence-corrected chi connectivity index (χ1v) is 9.72. The molecular weight excluding hydrogens is 362 g/mol. The van der Waals surface area contributed by atoms with E-state index >= 15 is 0 Å². The first-order chi connectivity index (χ1) is 13.0. The van der Waals surface area contributed by atoms with Crippen LogP contribution in [0.2, 0.25) is 5.02 Å². The minimum Gasteiger partial charge on any atom is -0.455 e. The minimum absolute atomic E-state index is 0.0718. The highest BCUT2D eigenvalue weighted by Crippen LogP contribution is 2.45. The van der Waals surface area contributed by atoms with E-state index in [9.17, 15) is 9.59 Å². The van der Waals surface area contributed by atoms with Crippen LogP contribution in [0.3, 0.4) is 0 Å². The van der Waals surface area contributed by atoms with Crippen LogP contribution >= 0.6 is 11.6 Å². The number of fused-ring (bicyclic) bond motifs is 1. The summed E-state index contributed by atoms with van der Waals surface area (Å²) in [4.78, 5) is 27.4. The third-order valence-corrected chi connectivity index (χ3v) is 6.05. The van der Waals surface area contributed by atoms with Crippen molar-refractivity contribution in [1.29, 1.82) is 0 Å². The van der Waals surface area contributed by atoms with E-state index in [1.807, 2.05) is 43.3 Å². The van der Waals surface area contributed by atoms with Gasteiger partial charge in [-0.15, -0.1) is 0 Å². The van der Waals surface area contributed by atoms with E-state index in [1.165, 1.54) is 0 Å². The van der Waals surface area contributed by atoms with Gasteiger partial charge in [-0.1, -0.05) is 48.4 Å². The van der Waals surface area contributed by atoms with Crippen LogP contribution in [0.5, 0.6) is 0 Å². The Morgan fingerprint density at radius 1 is 1.15 bits per heavy atom. The summed E-state index contributed by atoms with van der Waals surface area (Å²) < 4.78 is 5.51. The molecule has 2 aliphatic rings. The van der Waals surface area contributed by atoms with Crippen molar-refractivity contribution in [2.45, 2.75) is 44.1 Å². The number of ether oxygens (including phenoxy) is 1. The smallest absolute Gasteiger partial charge is 0.317 e. The number of hydrogen-bond donors (Lipinski definition) is 0. The summed E-state index contributed by atoms with van der Waals surface area (Å²) in [5.41, 5.74) is 2.35. The number of rotatable bonds is 4. The molecule has 0 N–H and O–H groups in total. The second-order valence-electron chi connectivity index (χ2n) is 7.46. The average Bonchev–Trinajstić information content (AvgIpc) is 2.96. The SMILES string of the molecule is C[C@H]1Cc2ccccc2N1C(=O)COC(=O)C1(c2ccc(Cl)cc2)CCC1. The Morgan fingerprint density at radius 3 is 2.52 bits per heavy atom. The molecular formula is C22H22ClNO3. The summed E-state index contributed by atoms with van der Waals surface area (Å²) in [5, 5.41) is 0.637. The Kier molecular flexibility index (Phi) is 4.68. The van der Waals surface area contributed by atoms with Crippen molar-refractivity contribution < 1.29 is 14.3 Å². The molecule has 0 saturated heterocycles. The van der Waals surface area contributed by atoms with Crippen LogP contribution in [-0.2, 0) is 26.2 Å². The summed E-state index contributed by atoms with van der Waals surface area (Å²) in [6.45, 7) is 1.79. The van der Waals surface area contributed by atoms with E-state index in [0.717, 1.165) is 42.5 Å². The normalized spacial score (nSPS) is 19.9. The van der Waals surface area contributed by atoms with Crippen LogP contribution < -0.4 is 4.90 Å². The molecule has 5 heteroatoms. The lowest BCUT2D eigenvalue weighted by Gasteiger charge is -2.39. The van der Waals surface area contributed by atoms with Gasteiger partial charge in [0.1, 0.15) is 0 Å². The number of nitrogens with zero attached hydrogens (tertiary/aromatic N) is 1. The molecule has 0 radical (unpaired) electrons. The molecule has 0 unspecified atom stereocenters. The maximum atomic E-state index is 12.9. The molecule has 1 aliphatic heterocycles. The Hall–Kier alpha value is -2.33. The monoisotopic (exact) mass is 383 g/mol. The van der Waals surface area contributed by atoms with Crippen molar-refractivity contribution >= 4 is 29.2 Å². The van der Waals surface area contributed by atoms with Gasteiger partial charge in [-0.3, -0.25) is 9.59 Å². The summed E-state index contributed by atoms with van der Waals surface area (Å²) >= 11 is 5.97. The number of benzene rings is 2. The van der Waals surface area contributed by atoms with Crippen LogP contribution in [-0.4, -0.2) is 24.5 Å². The van der Waals surface area contributed by atoms with Gasteiger partial charge >= 0.3 is 5.97 Å². The van der Waals surface area contributed by atoms with E-state index in [4.69, 9.17) is 16.3 Å². The van der Waals surface area contributed by atoms with Crippen molar-refractivity contribution in [3.63, 3.8) is 0 Å². The molecule has 1 heterocycles. The van der Waals surface area contributed by atoms with Crippen molar-refractivity contribution in [1.82, 2.24) is 0 Å². The summed E-state index contributed by atoms with van der Waals surface area (Å²) in [5.74, 6) is -0.490. The number of esters is 1. The zero-order chi connectivity index (χ0) is 19.0. The van der Waals surface area contributed by atoms with Crippen LogP contribution in [0.1, 0.15) is 37.3 Å². The van der Waals surface area contributed by atoms with E-state index in [0.29, 0.717) is 5.02 Å². The first kappa shape index (κ1) is 18.1. The van der Waals surface area contributed by atoms with E-state index < -0.39 is 5.41 Å². The molecule has 2 aromatic rings. The average molecular weight is 384 g/mol. The fraction of sp³-hybridized carbons (Fsp3) is 0.364. The molecule has 1 aliphatic carbocycles. The predicted molar refractivity (Wildman–Crippen MR) is 105 cm³/mol. The maximum Gasteiger partial charge on any atom is 0.317 e. The second kappa shape index (κ2) is 7.01. The molecule has 4 rings (SSSR count). The standard InChI is InChI=1S/C22H22ClNO3/c1-15-13-16-5-2-3-6-19(16)24(15)20(25)14-27-21(26)22(11-4-12-22)17-7-9-18(23)10-8-17/h2-3,5-10,15H,4,11-14H2,1H3/t15-/m0/s1. The van der Waals surface area contributed by atoms with E-state index in [1.54, 1.807) is 17.0 Å². The maximum absolute atomic E-state index is 12.9. The molecule has 0 bridgehead atoms. The molecule has 0 aromatic heterocycles. The van der Waals surface area contributed by atoms with Crippen LogP contribution in [0.15, 0.2) is 48.5 Å². The zero-order valence-corrected chi connectivity index (χ0v) is 16.0. The highest BCUT2D eigenvalue weighted by molar-refractivity contribution is 6.30. The van der Waals surface area contributed by atoms with Gasteiger partial charge in [0.2, 0.25) is 0 Å². The lowest BCUT2D eigenvalue weighted by atomic mass is 9.64. The highest BCUT2D eigenvalue weighted by Gasteiger charge is 2.47. The third kappa shape index (κ3) is 3.12. The third-order valence-electron chi connectivity index (χ3n) is 5.80. The topological polar surface area (TPSA) is 46.6 Å². The minimum atomic E-state index is -0.639. The molecule has 1 amide bonds. The fourth-order valence-electron chi connectivity index (χ4n) is 4.19. The van der Waals surface area contributed by atoms with Gasteiger partial charge in [-0.25, -0.2) is 0 Å². The molecule has 2 aromatic carbocycles. The van der Waals surface area contributed by atoms with Crippen molar-refractivity contribution in [3.05, 3.63) is 64.7 Å². The van der Waals surface area contributed by atoms with Crippen LogP contribution in [0.25, 0.3) is 0 Å². The van der Waals surface area contributed by atoms with E-state index in [-0.39, 0.29) is 24.5 Å². The van der Waals surface area contributed by atoms with Gasteiger partial charge in [-0.05, 0) is 55.5 Å². The number of para-hydroxylation sites is 1. The van der Waals surface area contributed by atoms with Crippen molar-refractivity contribution in [2.24, 2.45) is 0 Å². The Bertz CT molecular complexity index is 873. The van der Waals surface area contributed by atoms with Gasteiger partial charge < -0.3 is 9.64 Å². The van der Waals surface area contributed by atoms with Gasteiger partial charge in [0.15, 0.2) is 6.61 Å². The molecule has 140 valence electrons. The lowest BCUT2D eigenvalue weighted by molar-refractivity contribution is -0.157. The summed E-state index contributed by atoms with van der Waals surface area (Å²) in [6.07, 6.45) is 3.28. The molecule has 27 heavy (non-hydrogen) atoms. The van der Waals surface area contributed by atoms with Gasteiger partial charge in [-0.2, -0.15) is 0 Å². The highest BCUT2D eigenvalue weighted by atomic mass is 35.5. The molecule has 4 nitrogen and oxygen atoms in total. The number of carbonyl (C=O) groups is 2. The number of hydrogen-bond acceptors (Lipinski definition) is 3. The number of carbonyl (C=O) groups excluding carboxylic acids is 2. The van der Waals surface area contributed by atoms with Gasteiger partial charge in [0, 0.05) is 16.8 Å². The lowest BCUT2D eigenvalue weighted by Crippen LogP contribution is -2.45. The predicted octanol–water partition coefficient (Wildman–Crippen LogP) is 4.28. The summed E-state index contributed by atoms with van der Waals surface area (Å²) in [6, 6.07) is 15.3. The molecule has 1 fully saturated rings. The number of anilines is 1. The Labute approximate surface area is 164 Å². The Balaban J connectivity index is 1.46. The van der Waals surface area contributed by atoms with Gasteiger partial charge in [0.05, 0.1) is 5.41 Å². The van der Waals surface area contributed by atoms with Crippen LogP contribution in [0.4, 0.5) is 5.69 Å². The molecule has 1 atom stereocenters. The molecule has 1 saturated carbocycles. The largest absolute Gasteiger partial charge is 0.455 e. The number of amides is 1. The fourth-order valence-corrected chi connectivity index (χ4v) is 4.32. The Morgan fingerprint density at radius 2 is 1.85 bits per heavy atom. The summed E-state index contributed by atoms with van der Waals surface area (Å²) in [7, 11) is 0. The quantitative estimate of drug-likeness (QED) is 0.740. The zero-order valence-electron chi connectivity index (χ0n) is 15.3. The molecule has 0 spiro atoms. The van der Waals surface area contributed by atoms with Gasteiger partial charge in [0.25, 0.3) is 5.91 Å². The first-order valence-electron chi connectivity index (χ1n) is 9.34.